The van der Waals surface area contributed by atoms with Crippen molar-refractivity contribution in [3.8, 4) is 17.2 Å². The topological polar surface area (TPSA) is 44.8 Å². The van der Waals surface area contributed by atoms with Gasteiger partial charge in [0.2, 0.25) is 0 Å². The maximum atomic E-state index is 14.2. The van der Waals surface area contributed by atoms with Crippen LogP contribution in [-0.4, -0.2) is 25.7 Å². The van der Waals surface area contributed by atoms with E-state index in [2.05, 4.69) is 4.74 Å². The molecule has 28 heavy (non-hydrogen) atoms. The van der Waals surface area contributed by atoms with E-state index in [0.717, 1.165) is 6.07 Å². The van der Waals surface area contributed by atoms with Crippen LogP contribution in [0, 0.1) is 5.82 Å². The van der Waals surface area contributed by atoms with E-state index >= 15 is 0 Å². The first kappa shape index (κ1) is 20.0. The fraction of sp³-hybridized carbons (Fsp3) is 0.211. The molecule has 0 radical (unpaired) electrons. The quantitative estimate of drug-likeness (QED) is 0.492. The lowest BCUT2D eigenvalue weighted by Crippen LogP contribution is -2.19. The van der Waals surface area contributed by atoms with E-state index < -0.39 is 18.6 Å². The minimum atomic E-state index is -4.47. The number of benzene rings is 2. The molecule has 3 rings (SSSR count). The minimum Gasteiger partial charge on any atom is -0.489 e. The number of hydrogen-bond donors (Lipinski definition) is 0. The molecule has 148 valence electrons. The zero-order valence-electron chi connectivity index (χ0n) is 14.2. The van der Waals surface area contributed by atoms with Crippen LogP contribution in [0.2, 0.25) is 5.02 Å². The number of fused-ring (bicyclic) bond motifs is 1. The Balaban J connectivity index is 1.68. The largest absolute Gasteiger partial charge is 0.489 e. The van der Waals surface area contributed by atoms with Crippen LogP contribution >= 0.6 is 11.6 Å². The third-order valence-electron chi connectivity index (χ3n) is 3.73. The Morgan fingerprint density at radius 2 is 1.96 bits per heavy atom. The molecule has 4 nitrogen and oxygen atoms in total. The molecule has 0 atom stereocenters. The van der Waals surface area contributed by atoms with Crippen LogP contribution < -0.4 is 14.2 Å². The molecule has 0 amide bonds. The van der Waals surface area contributed by atoms with Gasteiger partial charge < -0.3 is 14.2 Å². The molecule has 1 heterocycles. The summed E-state index contributed by atoms with van der Waals surface area (Å²) in [6.07, 6.45) is -2.46. The Labute approximate surface area is 162 Å². The maximum absolute atomic E-state index is 14.2. The molecule has 0 aliphatic carbocycles. The number of hydrogen-bond acceptors (Lipinski definition) is 4. The van der Waals surface area contributed by atoms with Gasteiger partial charge in [0.05, 0.1) is 10.6 Å². The highest BCUT2D eigenvalue weighted by Crippen LogP contribution is 2.33. The third-order valence-corrected chi connectivity index (χ3v) is 4.03. The van der Waals surface area contributed by atoms with Crippen LogP contribution in [-0.2, 0) is 11.4 Å². The predicted octanol–water partition coefficient (Wildman–Crippen LogP) is 4.97. The van der Waals surface area contributed by atoms with Crippen molar-refractivity contribution in [1.29, 1.82) is 0 Å². The summed E-state index contributed by atoms with van der Waals surface area (Å²) in [6, 6.07) is 6.82. The fourth-order valence-electron chi connectivity index (χ4n) is 2.45. The summed E-state index contributed by atoms with van der Waals surface area (Å²) in [5, 5.41) is -0.00293. The Bertz CT molecular complexity index is 925. The second kappa shape index (κ2) is 8.10. The van der Waals surface area contributed by atoms with E-state index in [4.69, 9.17) is 21.1 Å². The van der Waals surface area contributed by atoms with E-state index in [1.807, 2.05) is 0 Å². The lowest BCUT2D eigenvalue weighted by molar-refractivity contribution is -0.153. The van der Waals surface area contributed by atoms with E-state index in [1.54, 1.807) is 0 Å². The number of ether oxygens (including phenoxy) is 3. The van der Waals surface area contributed by atoms with Gasteiger partial charge in [-0.05, 0) is 23.8 Å². The number of carbonyl (C=O) groups is 1. The van der Waals surface area contributed by atoms with E-state index in [9.17, 15) is 22.4 Å². The normalized spacial score (nSPS) is 13.2. The maximum Gasteiger partial charge on any atom is 0.422 e. The third kappa shape index (κ3) is 4.95. The van der Waals surface area contributed by atoms with Gasteiger partial charge in [-0.25, -0.2) is 4.39 Å². The van der Waals surface area contributed by atoms with Crippen molar-refractivity contribution in [3.05, 3.63) is 57.9 Å². The van der Waals surface area contributed by atoms with Gasteiger partial charge in [0, 0.05) is 17.7 Å². The lowest BCUT2D eigenvalue weighted by atomic mass is 10.1. The van der Waals surface area contributed by atoms with Crippen molar-refractivity contribution >= 4 is 24.0 Å². The molecule has 0 fully saturated rings. The molecule has 0 saturated heterocycles. The Kier molecular flexibility index (Phi) is 5.79. The summed E-state index contributed by atoms with van der Waals surface area (Å²) in [4.78, 5) is 10.8. The zero-order chi connectivity index (χ0) is 20.3. The smallest absolute Gasteiger partial charge is 0.422 e. The highest BCUT2D eigenvalue weighted by atomic mass is 35.5. The fourth-order valence-corrected chi connectivity index (χ4v) is 2.70. The molecular weight excluding hydrogens is 404 g/mol. The molecule has 2 aromatic rings. The highest BCUT2D eigenvalue weighted by molar-refractivity contribution is 6.32. The summed E-state index contributed by atoms with van der Waals surface area (Å²) < 4.78 is 66.3. The van der Waals surface area contributed by atoms with Gasteiger partial charge >= 0.3 is 6.18 Å². The van der Waals surface area contributed by atoms with Gasteiger partial charge in [0.25, 0.3) is 0 Å². The predicted molar refractivity (Wildman–Crippen MR) is 93.3 cm³/mol. The summed E-state index contributed by atoms with van der Waals surface area (Å²) in [5.41, 5.74) is 1.03. The molecule has 0 unspecified atom stereocenters. The molecule has 0 N–H and O–H groups in total. The Morgan fingerprint density at radius 3 is 2.64 bits per heavy atom. The first-order valence-electron chi connectivity index (χ1n) is 7.98. The van der Waals surface area contributed by atoms with Crippen LogP contribution in [0.3, 0.4) is 0 Å². The molecule has 0 aromatic heterocycles. The van der Waals surface area contributed by atoms with E-state index in [0.29, 0.717) is 17.4 Å². The van der Waals surface area contributed by atoms with E-state index in [1.165, 1.54) is 30.3 Å². The molecular formula is C19H13ClF4O4. The average molecular weight is 417 g/mol. The number of rotatable bonds is 6. The second-order valence-electron chi connectivity index (χ2n) is 5.90. The van der Waals surface area contributed by atoms with Crippen molar-refractivity contribution in [3.63, 3.8) is 0 Å². The number of alkyl halides is 3. The van der Waals surface area contributed by atoms with Crippen molar-refractivity contribution < 1.29 is 36.6 Å². The molecule has 1 aliphatic heterocycles. The van der Waals surface area contributed by atoms with Crippen LogP contribution in [0.4, 0.5) is 17.6 Å². The summed E-state index contributed by atoms with van der Waals surface area (Å²) in [7, 11) is 0. The summed E-state index contributed by atoms with van der Waals surface area (Å²) >= 11 is 5.92. The standard InChI is InChI=1S/C19H13ClF4O4/c20-15-4-11(1-2-17(15)28-10-19(22,23)24)8-26-13-5-16(21)14-3-12(7-25)9-27-18(14)6-13/h1-7H,8-10H2. The van der Waals surface area contributed by atoms with Crippen molar-refractivity contribution in [2.45, 2.75) is 12.8 Å². The Hall–Kier alpha value is -2.74. The van der Waals surface area contributed by atoms with Crippen molar-refractivity contribution in [2.75, 3.05) is 13.2 Å². The summed E-state index contributed by atoms with van der Waals surface area (Å²) in [5.74, 6) is -0.281. The average Bonchev–Trinajstić information content (AvgIpc) is 2.64. The molecule has 0 bridgehead atoms. The minimum absolute atomic E-state index is 0.00293. The van der Waals surface area contributed by atoms with Gasteiger partial charge in [-0.2, -0.15) is 13.2 Å². The first-order valence-corrected chi connectivity index (χ1v) is 8.36. The molecule has 2 aromatic carbocycles. The van der Waals surface area contributed by atoms with E-state index in [-0.39, 0.29) is 41.0 Å². The van der Waals surface area contributed by atoms with Gasteiger partial charge in [-0.15, -0.1) is 0 Å². The van der Waals surface area contributed by atoms with Gasteiger partial charge in [-0.1, -0.05) is 17.7 Å². The number of aldehydes is 1. The molecule has 9 heteroatoms. The van der Waals surface area contributed by atoms with Crippen LogP contribution in [0.25, 0.3) is 6.08 Å². The Morgan fingerprint density at radius 1 is 1.18 bits per heavy atom. The molecule has 0 spiro atoms. The molecule has 0 saturated carbocycles. The monoisotopic (exact) mass is 416 g/mol. The molecule has 1 aliphatic rings. The van der Waals surface area contributed by atoms with Gasteiger partial charge in [0.1, 0.15) is 42.6 Å². The highest BCUT2D eigenvalue weighted by Gasteiger charge is 2.28. The zero-order valence-corrected chi connectivity index (χ0v) is 14.9. The van der Waals surface area contributed by atoms with Gasteiger partial charge in [0.15, 0.2) is 6.61 Å². The number of carbonyl (C=O) groups excluding carboxylic acids is 1. The van der Waals surface area contributed by atoms with Crippen molar-refractivity contribution in [1.82, 2.24) is 0 Å². The lowest BCUT2D eigenvalue weighted by Gasteiger charge is -2.17. The van der Waals surface area contributed by atoms with Crippen molar-refractivity contribution in [2.24, 2.45) is 0 Å². The van der Waals surface area contributed by atoms with Gasteiger partial charge in [-0.3, -0.25) is 4.79 Å². The first-order chi connectivity index (χ1) is 13.2. The van der Waals surface area contributed by atoms with Crippen LogP contribution in [0.15, 0.2) is 35.9 Å². The second-order valence-corrected chi connectivity index (χ2v) is 6.31. The SMILES string of the molecule is O=CC1=Cc2c(F)cc(OCc3ccc(OCC(F)(F)F)c(Cl)c3)cc2OC1. The summed E-state index contributed by atoms with van der Waals surface area (Å²) in [6.45, 7) is -1.42. The number of halogens is 5. The van der Waals surface area contributed by atoms with Crippen LogP contribution in [0.5, 0.6) is 17.2 Å². The van der Waals surface area contributed by atoms with Crippen LogP contribution in [0.1, 0.15) is 11.1 Å².